The zero-order valence-corrected chi connectivity index (χ0v) is 30.5. The SMILES string of the molecule is CC(C)(C)[C@H](NC(=O)NC1(CS(=O)(=O)C(C)(C)C)CCCCC1)C(=O)N1C[C@H]2C([C@H]1C(=O)NC(CC1CC1)C(=O)C(N)=O)C21CCCC1. The Balaban J connectivity index is 1.37. The molecule has 1 spiro atoms. The van der Waals surface area contributed by atoms with Gasteiger partial charge in [-0.3, -0.25) is 19.2 Å². The summed E-state index contributed by atoms with van der Waals surface area (Å²) < 4.78 is 25.6. The monoisotopic (exact) mass is 691 g/mol. The number of Topliss-reactive ketones (excluding diaryl/α,β-unsaturated/α-hetero) is 1. The average molecular weight is 692 g/mol. The topological polar surface area (TPSA) is 185 Å². The molecule has 5 fully saturated rings. The van der Waals surface area contributed by atoms with Crippen molar-refractivity contribution in [3.8, 4) is 0 Å². The lowest BCUT2D eigenvalue weighted by Gasteiger charge is -2.41. The number of nitrogens with one attached hydrogen (secondary N) is 3. The fraction of sp³-hybridized carbons (Fsp3) is 0.857. The Labute approximate surface area is 285 Å². The molecule has 0 bridgehead atoms. The molecule has 1 aliphatic heterocycles. The summed E-state index contributed by atoms with van der Waals surface area (Å²) in [5, 5.41) is 8.75. The van der Waals surface area contributed by atoms with Gasteiger partial charge >= 0.3 is 6.03 Å². The van der Waals surface area contributed by atoms with E-state index in [9.17, 15) is 32.4 Å². The Morgan fingerprint density at radius 3 is 1.98 bits per heavy atom. The van der Waals surface area contributed by atoms with E-state index in [-0.39, 0.29) is 28.9 Å². The van der Waals surface area contributed by atoms with Gasteiger partial charge in [0.15, 0.2) is 9.84 Å². The zero-order valence-electron chi connectivity index (χ0n) is 29.7. The summed E-state index contributed by atoms with van der Waals surface area (Å²) in [4.78, 5) is 68.6. The summed E-state index contributed by atoms with van der Waals surface area (Å²) in [7, 11) is -3.56. The van der Waals surface area contributed by atoms with Gasteiger partial charge in [0.1, 0.15) is 12.1 Å². The normalized spacial score (nSPS) is 27.5. The molecule has 4 saturated carbocycles. The quantitative estimate of drug-likeness (QED) is 0.240. The van der Waals surface area contributed by atoms with Gasteiger partial charge in [0.2, 0.25) is 17.6 Å². The van der Waals surface area contributed by atoms with Crippen LogP contribution >= 0.6 is 0 Å². The van der Waals surface area contributed by atoms with E-state index in [1.807, 2.05) is 20.8 Å². The molecule has 5 aliphatic rings. The second-order valence-electron chi connectivity index (χ2n) is 17.6. The van der Waals surface area contributed by atoms with E-state index < -0.39 is 73.2 Å². The fourth-order valence-corrected chi connectivity index (χ4v) is 10.4. The molecule has 270 valence electrons. The molecule has 5 rings (SSSR count). The van der Waals surface area contributed by atoms with Crippen LogP contribution in [0.1, 0.15) is 119 Å². The minimum absolute atomic E-state index is 0.00753. The Morgan fingerprint density at radius 1 is 0.875 bits per heavy atom. The van der Waals surface area contributed by atoms with Crippen LogP contribution in [-0.2, 0) is 29.0 Å². The molecule has 5 amide bonds. The Bertz CT molecular complexity index is 1410. The third-order valence-corrected chi connectivity index (χ3v) is 14.8. The van der Waals surface area contributed by atoms with Gasteiger partial charge in [-0.05, 0) is 81.5 Å². The predicted octanol–water partition coefficient (Wildman–Crippen LogP) is 2.97. The van der Waals surface area contributed by atoms with Crippen LogP contribution in [0, 0.1) is 28.6 Å². The van der Waals surface area contributed by atoms with Crippen molar-refractivity contribution in [2.24, 2.45) is 34.3 Å². The van der Waals surface area contributed by atoms with Gasteiger partial charge in [0.05, 0.1) is 22.1 Å². The summed E-state index contributed by atoms with van der Waals surface area (Å²) >= 11 is 0. The summed E-state index contributed by atoms with van der Waals surface area (Å²) in [6, 6.07) is -3.49. The van der Waals surface area contributed by atoms with Gasteiger partial charge < -0.3 is 26.6 Å². The van der Waals surface area contributed by atoms with Crippen molar-refractivity contribution in [2.45, 2.75) is 147 Å². The summed E-state index contributed by atoms with van der Waals surface area (Å²) in [6.45, 7) is 10.9. The molecule has 1 heterocycles. The van der Waals surface area contributed by atoms with Crippen molar-refractivity contribution in [3.05, 3.63) is 0 Å². The molecule has 4 aliphatic carbocycles. The van der Waals surface area contributed by atoms with Crippen LogP contribution in [0.4, 0.5) is 4.79 Å². The van der Waals surface area contributed by atoms with Crippen molar-refractivity contribution in [1.82, 2.24) is 20.9 Å². The van der Waals surface area contributed by atoms with Crippen LogP contribution in [0.25, 0.3) is 0 Å². The number of piperidine rings is 1. The smallest absolute Gasteiger partial charge is 0.315 e. The first-order chi connectivity index (χ1) is 22.2. The lowest BCUT2D eigenvalue weighted by atomic mass is 9.83. The fourth-order valence-electron chi connectivity index (χ4n) is 8.91. The van der Waals surface area contributed by atoms with Crippen molar-refractivity contribution < 1.29 is 32.4 Å². The summed E-state index contributed by atoms with van der Waals surface area (Å²) in [5.74, 6) is -2.61. The first-order valence-corrected chi connectivity index (χ1v) is 19.6. The Hall–Kier alpha value is -2.70. The number of carbonyl (C=O) groups excluding carboxylic acids is 5. The minimum Gasteiger partial charge on any atom is -0.363 e. The highest BCUT2D eigenvalue weighted by atomic mass is 32.2. The van der Waals surface area contributed by atoms with Crippen molar-refractivity contribution in [1.29, 1.82) is 0 Å². The van der Waals surface area contributed by atoms with Crippen LogP contribution in [0.3, 0.4) is 0 Å². The van der Waals surface area contributed by atoms with E-state index >= 15 is 0 Å². The van der Waals surface area contributed by atoms with Crippen molar-refractivity contribution >= 4 is 39.4 Å². The molecule has 5 N–H and O–H groups in total. The number of carbonyl (C=O) groups is 5. The summed E-state index contributed by atoms with van der Waals surface area (Å²) in [5.41, 5.74) is 3.64. The molecule has 13 heteroatoms. The lowest BCUT2D eigenvalue weighted by Crippen LogP contribution is -2.64. The number of primary amides is 1. The average Bonchev–Trinajstić information content (AvgIpc) is 3.75. The molecule has 2 unspecified atom stereocenters. The number of amides is 5. The maximum atomic E-state index is 14.5. The third kappa shape index (κ3) is 7.26. The van der Waals surface area contributed by atoms with Crippen LogP contribution in [0.2, 0.25) is 0 Å². The Morgan fingerprint density at radius 2 is 1.46 bits per heavy atom. The molecule has 1 saturated heterocycles. The number of urea groups is 1. The van der Waals surface area contributed by atoms with Gasteiger partial charge in [0, 0.05) is 6.54 Å². The number of nitrogens with zero attached hydrogens (tertiary/aromatic N) is 1. The van der Waals surface area contributed by atoms with Gasteiger partial charge in [-0.15, -0.1) is 0 Å². The molecule has 5 atom stereocenters. The first kappa shape index (κ1) is 36.6. The second-order valence-corrected chi connectivity index (χ2v) is 20.3. The van der Waals surface area contributed by atoms with Crippen molar-refractivity contribution in [3.63, 3.8) is 0 Å². The maximum absolute atomic E-state index is 14.5. The van der Waals surface area contributed by atoms with E-state index in [1.165, 1.54) is 0 Å². The van der Waals surface area contributed by atoms with Crippen LogP contribution in [0.15, 0.2) is 0 Å². The number of sulfone groups is 1. The molecule has 48 heavy (non-hydrogen) atoms. The van der Waals surface area contributed by atoms with E-state index in [1.54, 1.807) is 25.7 Å². The van der Waals surface area contributed by atoms with Crippen LogP contribution in [0.5, 0.6) is 0 Å². The predicted molar refractivity (Wildman–Crippen MR) is 181 cm³/mol. The standard InChI is InChI=1S/C35H57N5O7S/c1-32(2,3)27(38-31(45)39-34(14-8-7-9-15-34)20-48(46,47)33(4,5)6)30(44)40-19-22-24(35(22)16-10-11-17-35)25(40)29(43)37-23(18-21-12-13-21)26(41)28(36)42/h21-25,27H,7-20H2,1-6H3,(H2,36,42)(H,37,43)(H2,38,39,45)/t22-,23?,24?,25-,27+/m0/s1. The Kier molecular flexibility index (Phi) is 9.82. The molecule has 0 radical (unpaired) electrons. The highest BCUT2D eigenvalue weighted by Gasteiger charge is 2.74. The van der Waals surface area contributed by atoms with E-state index in [0.29, 0.717) is 25.8 Å². The van der Waals surface area contributed by atoms with Gasteiger partial charge in [-0.25, -0.2) is 13.2 Å². The van der Waals surface area contributed by atoms with Crippen molar-refractivity contribution in [2.75, 3.05) is 12.3 Å². The number of fused-ring (bicyclic) bond motifs is 3. The number of nitrogens with two attached hydrogens (primary N) is 1. The summed E-state index contributed by atoms with van der Waals surface area (Å²) in [6.07, 6.45) is 9.88. The highest BCUT2D eigenvalue weighted by molar-refractivity contribution is 7.92. The number of hydrogen-bond donors (Lipinski definition) is 4. The van der Waals surface area contributed by atoms with E-state index in [0.717, 1.165) is 57.8 Å². The maximum Gasteiger partial charge on any atom is 0.315 e. The number of ketones is 1. The number of likely N-dealkylation sites (tertiary alicyclic amines) is 1. The first-order valence-electron chi connectivity index (χ1n) is 18.0. The lowest BCUT2D eigenvalue weighted by molar-refractivity contribution is -0.145. The molecular formula is C35H57N5O7S. The van der Waals surface area contributed by atoms with E-state index in [2.05, 4.69) is 16.0 Å². The van der Waals surface area contributed by atoms with Crippen LogP contribution in [-0.4, -0.2) is 83.6 Å². The van der Waals surface area contributed by atoms with Gasteiger partial charge in [0.25, 0.3) is 5.91 Å². The largest absolute Gasteiger partial charge is 0.363 e. The molecule has 0 aromatic heterocycles. The van der Waals surface area contributed by atoms with Gasteiger partial charge in [-0.1, -0.05) is 65.7 Å². The minimum atomic E-state index is -3.56. The van der Waals surface area contributed by atoms with E-state index in [4.69, 9.17) is 5.73 Å². The van der Waals surface area contributed by atoms with Crippen LogP contribution < -0.4 is 21.7 Å². The molecular weight excluding hydrogens is 634 g/mol. The zero-order chi connectivity index (χ0) is 35.4. The third-order valence-electron chi connectivity index (χ3n) is 12.0. The molecule has 12 nitrogen and oxygen atoms in total. The number of rotatable bonds is 11. The second kappa shape index (κ2) is 12.9. The highest BCUT2D eigenvalue weighted by Crippen LogP contribution is 2.72. The van der Waals surface area contributed by atoms with Gasteiger partial charge in [-0.2, -0.15) is 0 Å². The molecule has 0 aromatic rings. The number of hydrogen-bond acceptors (Lipinski definition) is 7. The molecule has 0 aromatic carbocycles.